The van der Waals surface area contributed by atoms with E-state index in [9.17, 15) is 22.4 Å². The molecule has 178 valence electrons. The fraction of sp³-hybridized carbons (Fsp3) is 0.333. The smallest absolute Gasteiger partial charge is 0.402 e. The summed E-state index contributed by atoms with van der Waals surface area (Å²) in [5.74, 6) is -1.47. The van der Waals surface area contributed by atoms with Gasteiger partial charge in [-0.05, 0) is 43.9 Å². The Balaban J connectivity index is 2.42. The van der Waals surface area contributed by atoms with Crippen LogP contribution in [-0.4, -0.2) is 41.8 Å². The first-order valence-corrected chi connectivity index (χ1v) is 10.2. The maximum atomic E-state index is 13.3. The van der Waals surface area contributed by atoms with Crippen molar-refractivity contribution in [2.75, 3.05) is 6.54 Å². The van der Waals surface area contributed by atoms with Crippen LogP contribution in [0.15, 0.2) is 57.6 Å². The standard InChI is InChI=1S/C21H23ClF4N6O/c1-12(19(30-11-28)31-13(2)29-9-18(23)8-27)32(10-14-3-4-14)20(33)15-5-16(21(24,25)26)7-17(22)6-15/h5-9,11-12,14H,2-4,10,27H2,1H3,(H2,28,30,31)/b18-8+,29-9?. The number of nitrogens with zero attached hydrogens (tertiary/aromatic N) is 4. The van der Waals surface area contributed by atoms with Crippen LogP contribution in [0.3, 0.4) is 0 Å². The molecule has 0 saturated heterocycles. The van der Waals surface area contributed by atoms with Gasteiger partial charge in [-0.3, -0.25) is 4.79 Å². The summed E-state index contributed by atoms with van der Waals surface area (Å²) in [6.07, 6.45) is -0.515. The average molecular weight is 487 g/mol. The minimum Gasteiger partial charge on any atom is -0.402 e. The van der Waals surface area contributed by atoms with Crippen LogP contribution in [0, 0.1) is 5.92 Å². The van der Waals surface area contributed by atoms with Gasteiger partial charge in [0.25, 0.3) is 5.91 Å². The van der Waals surface area contributed by atoms with E-state index in [1.807, 2.05) is 0 Å². The Hall–Kier alpha value is -3.21. The number of halogens is 5. The minimum atomic E-state index is -4.67. The molecule has 1 aromatic carbocycles. The Labute approximate surface area is 193 Å². The molecule has 1 aliphatic carbocycles. The monoisotopic (exact) mass is 486 g/mol. The van der Waals surface area contributed by atoms with Crippen LogP contribution in [0.2, 0.25) is 5.02 Å². The summed E-state index contributed by atoms with van der Waals surface area (Å²) in [5.41, 5.74) is 9.16. The highest BCUT2D eigenvalue weighted by Crippen LogP contribution is 2.34. The molecule has 0 radical (unpaired) electrons. The summed E-state index contributed by atoms with van der Waals surface area (Å²) < 4.78 is 52.8. The Bertz CT molecular complexity index is 1010. The molecule has 1 unspecified atom stereocenters. The maximum Gasteiger partial charge on any atom is 0.416 e. The Morgan fingerprint density at radius 3 is 2.52 bits per heavy atom. The number of hydrogen-bond donors (Lipinski definition) is 2. The molecular formula is C21H23ClF4N6O. The number of carbonyl (C=O) groups is 1. The number of amidine groups is 1. The van der Waals surface area contributed by atoms with Crippen molar-refractivity contribution in [1.29, 1.82) is 0 Å². The summed E-state index contributed by atoms with van der Waals surface area (Å²) >= 11 is 5.85. The second-order valence-corrected chi connectivity index (χ2v) is 7.71. The number of allylic oxidation sites excluding steroid dienone is 1. The number of amides is 1. The fourth-order valence-electron chi connectivity index (χ4n) is 2.82. The lowest BCUT2D eigenvalue weighted by atomic mass is 10.1. The molecule has 1 aromatic rings. The van der Waals surface area contributed by atoms with Gasteiger partial charge in [0.05, 0.1) is 24.2 Å². The molecule has 2 rings (SSSR count). The highest BCUT2D eigenvalue weighted by atomic mass is 35.5. The molecule has 1 atom stereocenters. The predicted molar refractivity (Wildman–Crippen MR) is 121 cm³/mol. The van der Waals surface area contributed by atoms with Crippen molar-refractivity contribution in [3.8, 4) is 0 Å². The number of aliphatic imine (C=N–C) groups is 3. The van der Waals surface area contributed by atoms with Gasteiger partial charge >= 0.3 is 6.18 Å². The molecule has 0 bridgehead atoms. The van der Waals surface area contributed by atoms with Crippen molar-refractivity contribution >= 4 is 35.9 Å². The molecule has 12 heteroatoms. The van der Waals surface area contributed by atoms with Gasteiger partial charge in [-0.25, -0.2) is 19.4 Å². The van der Waals surface area contributed by atoms with Crippen molar-refractivity contribution < 1.29 is 22.4 Å². The number of carbonyl (C=O) groups excluding carboxylic acids is 1. The molecule has 4 N–H and O–H groups in total. The maximum absolute atomic E-state index is 13.3. The summed E-state index contributed by atoms with van der Waals surface area (Å²) in [6, 6.07) is 1.83. The first-order chi connectivity index (χ1) is 15.5. The summed E-state index contributed by atoms with van der Waals surface area (Å²) in [5, 5.41) is -0.223. The molecule has 33 heavy (non-hydrogen) atoms. The van der Waals surface area contributed by atoms with Crippen LogP contribution in [0.5, 0.6) is 0 Å². The lowest BCUT2D eigenvalue weighted by Crippen LogP contribution is -2.44. The second-order valence-electron chi connectivity index (χ2n) is 7.28. The van der Waals surface area contributed by atoms with Crippen molar-refractivity contribution in [2.24, 2.45) is 32.4 Å². The second kappa shape index (κ2) is 11.1. The lowest BCUT2D eigenvalue weighted by Gasteiger charge is -2.29. The van der Waals surface area contributed by atoms with E-state index in [2.05, 4.69) is 21.6 Å². The molecule has 1 aliphatic rings. The number of rotatable bonds is 8. The molecule has 0 aromatic heterocycles. The van der Waals surface area contributed by atoms with Crippen LogP contribution in [0.1, 0.15) is 35.7 Å². The topological polar surface area (TPSA) is 109 Å². The van der Waals surface area contributed by atoms with Crippen LogP contribution in [0.25, 0.3) is 0 Å². The molecule has 7 nitrogen and oxygen atoms in total. The number of alkyl halides is 3. The van der Waals surface area contributed by atoms with Gasteiger partial charge in [0, 0.05) is 23.3 Å². The average Bonchev–Trinajstić information content (AvgIpc) is 3.57. The molecule has 0 aliphatic heterocycles. The fourth-order valence-corrected chi connectivity index (χ4v) is 3.06. The molecule has 1 amide bonds. The van der Waals surface area contributed by atoms with Gasteiger partial charge in [-0.15, -0.1) is 0 Å². The van der Waals surface area contributed by atoms with Gasteiger partial charge in [0.2, 0.25) is 0 Å². The largest absolute Gasteiger partial charge is 0.416 e. The van der Waals surface area contributed by atoms with Crippen molar-refractivity contribution in [2.45, 2.75) is 32.0 Å². The first-order valence-electron chi connectivity index (χ1n) is 9.78. The van der Waals surface area contributed by atoms with E-state index in [1.165, 1.54) is 11.0 Å². The zero-order valence-corrected chi connectivity index (χ0v) is 18.4. The van der Waals surface area contributed by atoms with E-state index in [1.54, 1.807) is 6.92 Å². The highest BCUT2D eigenvalue weighted by Gasteiger charge is 2.35. The van der Waals surface area contributed by atoms with Gasteiger partial charge in [-0.1, -0.05) is 18.2 Å². The Morgan fingerprint density at radius 2 is 1.97 bits per heavy atom. The van der Waals surface area contributed by atoms with E-state index in [-0.39, 0.29) is 34.7 Å². The van der Waals surface area contributed by atoms with Gasteiger partial charge in [0.15, 0.2) is 11.7 Å². The van der Waals surface area contributed by atoms with Crippen LogP contribution < -0.4 is 11.5 Å². The molecule has 1 fully saturated rings. The van der Waals surface area contributed by atoms with E-state index in [4.69, 9.17) is 23.1 Å². The van der Waals surface area contributed by atoms with Gasteiger partial charge in [0.1, 0.15) is 5.82 Å². The third-order valence-electron chi connectivity index (χ3n) is 4.67. The number of nitrogens with two attached hydrogens (primary N) is 2. The Kier molecular flexibility index (Phi) is 8.75. The normalized spacial score (nSPS) is 16.4. The zero-order chi connectivity index (χ0) is 24.8. The summed E-state index contributed by atoms with van der Waals surface area (Å²) in [4.78, 5) is 26.3. The molecule has 0 heterocycles. The molecule has 1 saturated carbocycles. The molecular weight excluding hydrogens is 464 g/mol. The van der Waals surface area contributed by atoms with Crippen LogP contribution in [0.4, 0.5) is 17.6 Å². The minimum absolute atomic E-state index is 0.00357. The van der Waals surface area contributed by atoms with Crippen LogP contribution >= 0.6 is 11.6 Å². The third kappa shape index (κ3) is 7.70. The third-order valence-corrected chi connectivity index (χ3v) is 4.89. The highest BCUT2D eigenvalue weighted by molar-refractivity contribution is 6.31. The van der Waals surface area contributed by atoms with E-state index < -0.39 is 29.5 Å². The summed E-state index contributed by atoms with van der Waals surface area (Å²) in [6.45, 7) is 5.41. The van der Waals surface area contributed by atoms with Crippen molar-refractivity contribution in [3.05, 3.63) is 58.8 Å². The SMILES string of the molecule is C=C(N=C/C(F)=C\N)N=C(N=CN)C(C)N(CC1CC1)C(=O)c1cc(Cl)cc(C(F)(F)F)c1. The van der Waals surface area contributed by atoms with E-state index in [0.717, 1.165) is 37.5 Å². The lowest BCUT2D eigenvalue weighted by molar-refractivity contribution is -0.137. The number of benzene rings is 1. The first kappa shape index (κ1) is 26.0. The van der Waals surface area contributed by atoms with Gasteiger partial charge < -0.3 is 16.4 Å². The summed E-state index contributed by atoms with van der Waals surface area (Å²) in [7, 11) is 0. The van der Waals surface area contributed by atoms with Gasteiger partial charge in [-0.2, -0.15) is 13.2 Å². The van der Waals surface area contributed by atoms with E-state index in [0.29, 0.717) is 6.20 Å². The van der Waals surface area contributed by atoms with Crippen molar-refractivity contribution in [1.82, 2.24) is 4.90 Å². The zero-order valence-electron chi connectivity index (χ0n) is 17.7. The van der Waals surface area contributed by atoms with Crippen LogP contribution in [-0.2, 0) is 6.18 Å². The quantitative estimate of drug-likeness (QED) is 0.325. The molecule has 0 spiro atoms. The van der Waals surface area contributed by atoms with E-state index >= 15 is 0 Å². The van der Waals surface area contributed by atoms with Crippen molar-refractivity contribution in [3.63, 3.8) is 0 Å². The predicted octanol–water partition coefficient (Wildman–Crippen LogP) is 4.30. The number of hydrogen-bond acceptors (Lipinski definition) is 4. The Morgan fingerprint density at radius 1 is 1.30 bits per heavy atom.